The Kier molecular flexibility index (Phi) is 4.21. The molecular formula is C7H6ClF2NO. The number of oxime groups is 1. The first kappa shape index (κ1) is 10.8. The van der Waals surface area contributed by atoms with E-state index in [0.29, 0.717) is 5.56 Å². The van der Waals surface area contributed by atoms with Gasteiger partial charge in [-0.1, -0.05) is 11.2 Å². The molecule has 66 valence electrons. The Balaban J connectivity index is 0.00000121. The molecule has 0 fully saturated rings. The maximum atomic E-state index is 12.4. The molecule has 0 aliphatic rings. The van der Waals surface area contributed by atoms with Crippen LogP contribution in [0.4, 0.5) is 8.78 Å². The highest BCUT2D eigenvalue weighted by atomic mass is 35.5. The van der Waals surface area contributed by atoms with Crippen molar-refractivity contribution in [1.29, 1.82) is 0 Å². The van der Waals surface area contributed by atoms with Crippen molar-refractivity contribution in [3.63, 3.8) is 0 Å². The van der Waals surface area contributed by atoms with Gasteiger partial charge in [-0.15, -0.1) is 12.4 Å². The van der Waals surface area contributed by atoms with E-state index in [4.69, 9.17) is 5.21 Å². The average molecular weight is 194 g/mol. The van der Waals surface area contributed by atoms with E-state index in [0.717, 1.165) is 18.3 Å². The fourth-order valence-electron chi connectivity index (χ4n) is 0.659. The van der Waals surface area contributed by atoms with E-state index >= 15 is 0 Å². The van der Waals surface area contributed by atoms with E-state index in [1.807, 2.05) is 0 Å². The molecule has 1 aromatic carbocycles. The minimum atomic E-state index is -0.956. The summed E-state index contributed by atoms with van der Waals surface area (Å²) in [6.07, 6.45) is 1.02. The van der Waals surface area contributed by atoms with Crippen LogP contribution in [0.3, 0.4) is 0 Å². The first-order chi connectivity index (χ1) is 5.24. The monoisotopic (exact) mass is 193 g/mol. The molecule has 0 spiro atoms. The molecule has 1 aromatic rings. The third-order valence-electron chi connectivity index (χ3n) is 1.15. The van der Waals surface area contributed by atoms with E-state index < -0.39 is 11.6 Å². The number of benzene rings is 1. The van der Waals surface area contributed by atoms with E-state index in [1.54, 1.807) is 0 Å². The van der Waals surface area contributed by atoms with Crippen LogP contribution in [0.15, 0.2) is 23.4 Å². The topological polar surface area (TPSA) is 32.6 Å². The van der Waals surface area contributed by atoms with Gasteiger partial charge in [0.05, 0.1) is 6.21 Å². The second-order valence-electron chi connectivity index (χ2n) is 1.92. The lowest BCUT2D eigenvalue weighted by atomic mass is 10.2. The van der Waals surface area contributed by atoms with Gasteiger partial charge in [-0.3, -0.25) is 0 Å². The van der Waals surface area contributed by atoms with Crippen LogP contribution in [0.5, 0.6) is 0 Å². The lowest BCUT2D eigenvalue weighted by molar-refractivity contribution is 0.322. The third-order valence-corrected chi connectivity index (χ3v) is 1.15. The Morgan fingerprint density at radius 2 is 1.92 bits per heavy atom. The van der Waals surface area contributed by atoms with Gasteiger partial charge in [-0.2, -0.15) is 0 Å². The first-order valence-corrected chi connectivity index (χ1v) is 2.86. The van der Waals surface area contributed by atoms with Gasteiger partial charge in [0.25, 0.3) is 0 Å². The summed E-state index contributed by atoms with van der Waals surface area (Å²) in [7, 11) is 0. The Bertz CT molecular complexity index is 291. The summed E-state index contributed by atoms with van der Waals surface area (Å²) in [6.45, 7) is 0. The summed E-state index contributed by atoms with van der Waals surface area (Å²) in [5, 5.41) is 10.7. The molecule has 0 heterocycles. The molecule has 0 unspecified atom stereocenters. The number of rotatable bonds is 1. The SMILES string of the molecule is Cl.ON=Cc1ccc(F)c(F)c1. The van der Waals surface area contributed by atoms with Gasteiger partial charge >= 0.3 is 0 Å². The zero-order valence-electron chi connectivity index (χ0n) is 5.87. The fraction of sp³-hybridized carbons (Fsp3) is 0. The van der Waals surface area contributed by atoms with Gasteiger partial charge < -0.3 is 5.21 Å². The number of hydrogen-bond acceptors (Lipinski definition) is 2. The van der Waals surface area contributed by atoms with E-state index in [2.05, 4.69) is 5.16 Å². The Morgan fingerprint density at radius 1 is 1.25 bits per heavy atom. The predicted octanol–water partition coefficient (Wildman–Crippen LogP) is 2.19. The maximum absolute atomic E-state index is 12.4. The summed E-state index contributed by atoms with van der Waals surface area (Å²) in [6, 6.07) is 3.21. The Hall–Kier alpha value is -1.16. The molecule has 0 radical (unpaired) electrons. The summed E-state index contributed by atoms with van der Waals surface area (Å²) >= 11 is 0. The molecule has 0 bridgehead atoms. The van der Waals surface area contributed by atoms with Crippen LogP contribution in [0.25, 0.3) is 0 Å². The van der Waals surface area contributed by atoms with Gasteiger partial charge in [-0.25, -0.2) is 8.78 Å². The molecule has 12 heavy (non-hydrogen) atoms. The smallest absolute Gasteiger partial charge is 0.159 e. The minimum absolute atomic E-state index is 0. The van der Waals surface area contributed by atoms with Gasteiger partial charge in [0.15, 0.2) is 11.6 Å². The molecule has 0 aromatic heterocycles. The third kappa shape index (κ3) is 2.47. The van der Waals surface area contributed by atoms with Gasteiger partial charge in [0.2, 0.25) is 0 Å². The van der Waals surface area contributed by atoms with E-state index in [1.165, 1.54) is 6.07 Å². The standard InChI is InChI=1S/C7H5F2NO.ClH/c8-6-2-1-5(4-10-11)3-7(6)9;/h1-4,11H;1H. The lowest BCUT2D eigenvalue weighted by Gasteiger charge is -1.92. The average Bonchev–Trinajstić information content (AvgIpc) is 1.98. The van der Waals surface area contributed by atoms with Gasteiger partial charge in [-0.05, 0) is 17.7 Å². The van der Waals surface area contributed by atoms with Crippen molar-refractivity contribution >= 4 is 18.6 Å². The van der Waals surface area contributed by atoms with Crippen molar-refractivity contribution in [2.24, 2.45) is 5.16 Å². The number of nitrogens with zero attached hydrogens (tertiary/aromatic N) is 1. The largest absolute Gasteiger partial charge is 0.411 e. The molecule has 1 rings (SSSR count). The highest BCUT2D eigenvalue weighted by Gasteiger charge is 1.99. The second-order valence-corrected chi connectivity index (χ2v) is 1.92. The van der Waals surface area contributed by atoms with Gasteiger partial charge in [0, 0.05) is 0 Å². The van der Waals surface area contributed by atoms with Crippen molar-refractivity contribution in [3.05, 3.63) is 35.4 Å². The van der Waals surface area contributed by atoms with E-state index in [9.17, 15) is 8.78 Å². The minimum Gasteiger partial charge on any atom is -0.411 e. The zero-order chi connectivity index (χ0) is 8.27. The molecule has 0 saturated carbocycles. The molecule has 5 heteroatoms. The molecular weight excluding hydrogens is 188 g/mol. The van der Waals surface area contributed by atoms with Crippen LogP contribution in [-0.4, -0.2) is 11.4 Å². The summed E-state index contributed by atoms with van der Waals surface area (Å²) < 4.78 is 24.6. The Morgan fingerprint density at radius 3 is 2.42 bits per heavy atom. The molecule has 0 saturated heterocycles. The zero-order valence-corrected chi connectivity index (χ0v) is 6.68. The van der Waals surface area contributed by atoms with Crippen molar-refractivity contribution in [3.8, 4) is 0 Å². The Labute approximate surface area is 73.9 Å². The molecule has 0 aliphatic carbocycles. The molecule has 0 atom stereocenters. The van der Waals surface area contributed by atoms with Crippen molar-refractivity contribution in [2.45, 2.75) is 0 Å². The number of halogens is 3. The normalized spacial score (nSPS) is 9.83. The van der Waals surface area contributed by atoms with Crippen LogP contribution in [0.2, 0.25) is 0 Å². The van der Waals surface area contributed by atoms with Crippen LogP contribution >= 0.6 is 12.4 Å². The van der Waals surface area contributed by atoms with Crippen LogP contribution in [0, 0.1) is 11.6 Å². The number of hydrogen-bond donors (Lipinski definition) is 1. The van der Waals surface area contributed by atoms with Crippen molar-refractivity contribution in [1.82, 2.24) is 0 Å². The summed E-state index contributed by atoms with van der Waals surface area (Å²) in [5.41, 5.74) is 0.311. The van der Waals surface area contributed by atoms with E-state index in [-0.39, 0.29) is 12.4 Å². The predicted molar refractivity (Wildman–Crippen MR) is 43.0 cm³/mol. The second kappa shape index (κ2) is 4.66. The first-order valence-electron chi connectivity index (χ1n) is 2.86. The van der Waals surface area contributed by atoms with Crippen molar-refractivity contribution in [2.75, 3.05) is 0 Å². The highest BCUT2D eigenvalue weighted by Crippen LogP contribution is 2.06. The van der Waals surface area contributed by atoms with Crippen LogP contribution in [0.1, 0.15) is 5.56 Å². The maximum Gasteiger partial charge on any atom is 0.159 e. The molecule has 1 N–H and O–H groups in total. The van der Waals surface area contributed by atoms with Crippen LogP contribution in [-0.2, 0) is 0 Å². The lowest BCUT2D eigenvalue weighted by Crippen LogP contribution is -1.87. The van der Waals surface area contributed by atoms with Crippen LogP contribution < -0.4 is 0 Å². The summed E-state index contributed by atoms with van der Waals surface area (Å²) in [5.74, 6) is -1.87. The van der Waals surface area contributed by atoms with Crippen molar-refractivity contribution < 1.29 is 14.0 Å². The molecule has 0 aliphatic heterocycles. The molecule has 0 amide bonds. The van der Waals surface area contributed by atoms with Gasteiger partial charge in [0.1, 0.15) is 0 Å². The summed E-state index contributed by atoms with van der Waals surface area (Å²) in [4.78, 5) is 0. The fourth-order valence-corrected chi connectivity index (χ4v) is 0.659. The highest BCUT2D eigenvalue weighted by molar-refractivity contribution is 5.85. The quantitative estimate of drug-likeness (QED) is 0.414. The molecule has 2 nitrogen and oxygen atoms in total.